The molecule has 9 heteroatoms. The monoisotopic (exact) mass is 434 g/mol. The van der Waals surface area contributed by atoms with Crippen LogP contribution in [-0.4, -0.2) is 35.0 Å². The maximum absolute atomic E-state index is 13.6. The molecule has 0 unspecified atom stereocenters. The van der Waals surface area contributed by atoms with Crippen LogP contribution >= 0.6 is 11.8 Å². The predicted octanol–water partition coefficient (Wildman–Crippen LogP) is 3.89. The Morgan fingerprint density at radius 2 is 1.73 bits per heavy atom. The van der Waals surface area contributed by atoms with E-state index in [-0.39, 0.29) is 36.4 Å². The Kier molecular flexibility index (Phi) is 6.94. The van der Waals surface area contributed by atoms with Gasteiger partial charge in [0.2, 0.25) is 5.91 Å². The van der Waals surface area contributed by atoms with Gasteiger partial charge in [0.1, 0.15) is 17.5 Å². The van der Waals surface area contributed by atoms with Crippen molar-refractivity contribution in [2.45, 2.75) is 12.8 Å². The van der Waals surface area contributed by atoms with E-state index in [0.717, 1.165) is 34.9 Å². The van der Waals surface area contributed by atoms with Crippen molar-refractivity contribution in [2.75, 3.05) is 13.1 Å². The van der Waals surface area contributed by atoms with Crippen LogP contribution < -0.4 is 5.32 Å². The van der Waals surface area contributed by atoms with Gasteiger partial charge in [0.25, 0.3) is 11.1 Å². The van der Waals surface area contributed by atoms with E-state index in [1.165, 1.54) is 30.3 Å². The lowest BCUT2D eigenvalue weighted by atomic mass is 10.1. The van der Waals surface area contributed by atoms with Crippen LogP contribution in [0.2, 0.25) is 0 Å². The predicted molar refractivity (Wildman–Crippen MR) is 107 cm³/mol. The minimum Gasteiger partial charge on any atom is -0.354 e. The molecule has 0 atom stereocenters. The molecule has 1 aliphatic heterocycles. The summed E-state index contributed by atoms with van der Waals surface area (Å²) in [6.07, 6.45) is 1.46. The fourth-order valence-corrected chi connectivity index (χ4v) is 3.65. The zero-order valence-corrected chi connectivity index (χ0v) is 16.5. The fourth-order valence-electron chi connectivity index (χ4n) is 2.78. The Morgan fingerprint density at radius 3 is 2.47 bits per heavy atom. The molecule has 1 heterocycles. The molecule has 0 spiro atoms. The summed E-state index contributed by atoms with van der Waals surface area (Å²) in [5.74, 6) is -2.48. The van der Waals surface area contributed by atoms with Crippen molar-refractivity contribution in [1.82, 2.24) is 10.2 Å². The van der Waals surface area contributed by atoms with Gasteiger partial charge in [-0.05, 0) is 65.7 Å². The Labute approximate surface area is 174 Å². The standard InChI is InChI=1S/C21H17F3N2O3S/c22-15-4-1-13(2-5-15)11-18-20(28)26(21(29)30-18)10-9-25-19(27)8-3-14-12-16(23)6-7-17(14)24/h1-2,4-7,11-12H,3,8-10H2,(H,25,27)/b18-11+. The number of aryl methyl sites for hydroxylation is 1. The normalized spacial score (nSPS) is 15.2. The zero-order chi connectivity index (χ0) is 21.7. The quantitative estimate of drug-likeness (QED) is 0.672. The Balaban J connectivity index is 1.49. The second kappa shape index (κ2) is 9.62. The number of nitrogens with one attached hydrogen (secondary N) is 1. The number of nitrogens with zero attached hydrogens (tertiary/aromatic N) is 1. The Morgan fingerprint density at radius 1 is 1.03 bits per heavy atom. The van der Waals surface area contributed by atoms with Crippen LogP contribution in [-0.2, 0) is 16.0 Å². The van der Waals surface area contributed by atoms with Crippen LogP contribution in [0.1, 0.15) is 17.5 Å². The summed E-state index contributed by atoms with van der Waals surface area (Å²) in [7, 11) is 0. The second-order valence-electron chi connectivity index (χ2n) is 6.47. The highest BCUT2D eigenvalue weighted by Gasteiger charge is 2.34. The van der Waals surface area contributed by atoms with Crippen molar-refractivity contribution in [1.29, 1.82) is 0 Å². The smallest absolute Gasteiger partial charge is 0.293 e. The molecule has 0 saturated carbocycles. The molecule has 1 saturated heterocycles. The highest BCUT2D eigenvalue weighted by Crippen LogP contribution is 2.31. The lowest BCUT2D eigenvalue weighted by Crippen LogP contribution is -2.37. The van der Waals surface area contributed by atoms with Gasteiger partial charge in [-0.3, -0.25) is 19.3 Å². The number of benzene rings is 2. The van der Waals surface area contributed by atoms with Gasteiger partial charge in [0, 0.05) is 19.5 Å². The van der Waals surface area contributed by atoms with Gasteiger partial charge in [-0.25, -0.2) is 13.2 Å². The van der Waals surface area contributed by atoms with Crippen molar-refractivity contribution in [2.24, 2.45) is 0 Å². The minimum absolute atomic E-state index is 0.0223. The number of imide groups is 1. The molecule has 1 aliphatic rings. The molecule has 3 amide bonds. The number of halogens is 3. The average molecular weight is 434 g/mol. The lowest BCUT2D eigenvalue weighted by Gasteiger charge is -2.13. The first kappa shape index (κ1) is 21.6. The van der Waals surface area contributed by atoms with Gasteiger partial charge in [0.05, 0.1) is 4.91 Å². The lowest BCUT2D eigenvalue weighted by molar-refractivity contribution is -0.124. The van der Waals surface area contributed by atoms with E-state index in [1.54, 1.807) is 0 Å². The first-order valence-corrected chi connectivity index (χ1v) is 9.86. The van der Waals surface area contributed by atoms with Crippen LogP contribution in [0.5, 0.6) is 0 Å². The van der Waals surface area contributed by atoms with Crippen molar-refractivity contribution in [3.63, 3.8) is 0 Å². The third-order valence-corrected chi connectivity index (χ3v) is 5.24. The summed E-state index contributed by atoms with van der Waals surface area (Å²) in [5.41, 5.74) is 0.682. The molecule has 0 radical (unpaired) electrons. The highest BCUT2D eigenvalue weighted by molar-refractivity contribution is 8.18. The summed E-state index contributed by atoms with van der Waals surface area (Å²) < 4.78 is 39.7. The molecule has 30 heavy (non-hydrogen) atoms. The number of rotatable bonds is 7. The Bertz CT molecular complexity index is 1010. The fraction of sp³-hybridized carbons (Fsp3) is 0.190. The molecular formula is C21H17F3N2O3S. The highest BCUT2D eigenvalue weighted by atomic mass is 32.2. The largest absolute Gasteiger partial charge is 0.354 e. The summed E-state index contributed by atoms with van der Waals surface area (Å²) in [4.78, 5) is 37.6. The van der Waals surface area contributed by atoms with Crippen molar-refractivity contribution < 1.29 is 27.6 Å². The number of hydrogen-bond acceptors (Lipinski definition) is 4. The van der Waals surface area contributed by atoms with Crippen LogP contribution in [0.15, 0.2) is 47.4 Å². The molecule has 2 aromatic carbocycles. The van der Waals surface area contributed by atoms with E-state index in [9.17, 15) is 27.6 Å². The summed E-state index contributed by atoms with van der Waals surface area (Å²) in [6.45, 7) is 0.0117. The molecule has 156 valence electrons. The van der Waals surface area contributed by atoms with Crippen LogP contribution in [0.4, 0.5) is 18.0 Å². The van der Waals surface area contributed by atoms with E-state index in [1.807, 2.05) is 0 Å². The van der Waals surface area contributed by atoms with Crippen LogP contribution in [0, 0.1) is 17.5 Å². The average Bonchev–Trinajstić information content (AvgIpc) is 2.97. The van der Waals surface area contributed by atoms with Gasteiger partial charge in [0.15, 0.2) is 0 Å². The Hall–Kier alpha value is -3.07. The first-order valence-electron chi connectivity index (χ1n) is 9.05. The van der Waals surface area contributed by atoms with E-state index >= 15 is 0 Å². The maximum atomic E-state index is 13.6. The number of thioether (sulfide) groups is 1. The molecule has 0 aliphatic carbocycles. The van der Waals surface area contributed by atoms with Gasteiger partial charge < -0.3 is 5.32 Å². The van der Waals surface area contributed by atoms with Gasteiger partial charge in [-0.2, -0.15) is 0 Å². The van der Waals surface area contributed by atoms with Crippen LogP contribution in [0.3, 0.4) is 0 Å². The van der Waals surface area contributed by atoms with Crippen molar-refractivity contribution in [3.05, 3.63) is 75.9 Å². The molecule has 5 nitrogen and oxygen atoms in total. The van der Waals surface area contributed by atoms with Crippen molar-refractivity contribution in [3.8, 4) is 0 Å². The second-order valence-corrected chi connectivity index (χ2v) is 7.46. The zero-order valence-electron chi connectivity index (χ0n) is 15.7. The van der Waals surface area contributed by atoms with Crippen LogP contribution in [0.25, 0.3) is 6.08 Å². The van der Waals surface area contributed by atoms with Gasteiger partial charge in [-0.15, -0.1) is 0 Å². The molecule has 2 aromatic rings. The summed E-state index contributed by atoms with van der Waals surface area (Å²) in [5, 5.41) is 2.09. The maximum Gasteiger partial charge on any atom is 0.293 e. The van der Waals surface area contributed by atoms with E-state index < -0.39 is 34.5 Å². The molecule has 0 aromatic heterocycles. The van der Waals surface area contributed by atoms with E-state index in [0.29, 0.717) is 5.56 Å². The SMILES string of the molecule is O=C(CCc1cc(F)ccc1F)NCCN1C(=O)S/C(=C/c2ccc(F)cc2)C1=O. The minimum atomic E-state index is -0.588. The first-order chi connectivity index (χ1) is 14.3. The van der Waals surface area contributed by atoms with E-state index in [4.69, 9.17) is 0 Å². The third-order valence-electron chi connectivity index (χ3n) is 4.33. The third kappa shape index (κ3) is 5.50. The topological polar surface area (TPSA) is 66.5 Å². The number of amides is 3. The van der Waals surface area contributed by atoms with Gasteiger partial charge in [-0.1, -0.05) is 12.1 Å². The molecule has 3 rings (SSSR count). The van der Waals surface area contributed by atoms with Gasteiger partial charge >= 0.3 is 0 Å². The summed E-state index contributed by atoms with van der Waals surface area (Å²) >= 11 is 0.765. The number of carbonyl (C=O) groups is 3. The van der Waals surface area contributed by atoms with Crippen molar-refractivity contribution >= 4 is 34.9 Å². The molecular weight excluding hydrogens is 417 g/mol. The molecule has 1 fully saturated rings. The summed E-state index contributed by atoms with van der Waals surface area (Å²) in [6, 6.07) is 8.52. The molecule has 1 N–H and O–H groups in total. The number of hydrogen-bond donors (Lipinski definition) is 1. The number of carbonyl (C=O) groups excluding carboxylic acids is 3. The molecule has 0 bridgehead atoms. The van der Waals surface area contributed by atoms with E-state index in [2.05, 4.69) is 5.32 Å².